The van der Waals surface area contributed by atoms with Gasteiger partial charge >= 0.3 is 0 Å². The van der Waals surface area contributed by atoms with Crippen molar-refractivity contribution in [2.75, 3.05) is 32.8 Å². The molecular formula is C26H28ClF2N3O3. The van der Waals surface area contributed by atoms with Gasteiger partial charge in [0.1, 0.15) is 19.0 Å². The van der Waals surface area contributed by atoms with Crippen LogP contribution >= 0.6 is 12.4 Å². The van der Waals surface area contributed by atoms with Gasteiger partial charge in [-0.15, -0.1) is 12.4 Å². The molecule has 1 atom stereocenters. The van der Waals surface area contributed by atoms with E-state index in [-0.39, 0.29) is 35.5 Å². The van der Waals surface area contributed by atoms with Crippen LogP contribution in [0.3, 0.4) is 0 Å². The number of ether oxygens (including phenoxy) is 2. The molecule has 1 aromatic heterocycles. The Bertz CT molecular complexity index is 1310. The van der Waals surface area contributed by atoms with E-state index in [4.69, 9.17) is 9.47 Å². The van der Waals surface area contributed by atoms with E-state index in [9.17, 15) is 13.6 Å². The van der Waals surface area contributed by atoms with Gasteiger partial charge in [0.2, 0.25) is 0 Å². The number of hydrogen-bond donors (Lipinski definition) is 1. The third-order valence-corrected chi connectivity index (χ3v) is 7.32. The number of hydrogen-bond acceptors (Lipinski definition) is 5. The molecule has 3 aromatic rings. The molecule has 1 N–H and O–H groups in total. The van der Waals surface area contributed by atoms with Gasteiger partial charge in [-0.05, 0) is 55.6 Å². The second-order valence-corrected chi connectivity index (χ2v) is 9.40. The van der Waals surface area contributed by atoms with E-state index in [1.807, 2.05) is 0 Å². The number of benzene rings is 2. The van der Waals surface area contributed by atoms with Crippen molar-refractivity contribution in [1.82, 2.24) is 14.8 Å². The molecule has 9 heteroatoms. The predicted molar refractivity (Wildman–Crippen MR) is 132 cm³/mol. The van der Waals surface area contributed by atoms with E-state index in [1.165, 1.54) is 12.1 Å². The Morgan fingerprint density at radius 3 is 2.46 bits per heavy atom. The highest BCUT2D eigenvalue weighted by atomic mass is 35.5. The van der Waals surface area contributed by atoms with Crippen molar-refractivity contribution >= 4 is 23.3 Å². The molecule has 6 rings (SSSR count). The van der Waals surface area contributed by atoms with Crippen molar-refractivity contribution in [3.05, 3.63) is 69.5 Å². The molecule has 0 amide bonds. The first-order chi connectivity index (χ1) is 16.6. The zero-order valence-electron chi connectivity index (χ0n) is 19.3. The summed E-state index contributed by atoms with van der Waals surface area (Å²) in [5, 5.41) is 4.49. The first-order valence-corrected chi connectivity index (χ1v) is 11.9. The van der Waals surface area contributed by atoms with Crippen LogP contribution in [0.4, 0.5) is 8.78 Å². The molecule has 0 radical (unpaired) electrons. The maximum Gasteiger partial charge on any atom is 0.251 e. The highest BCUT2D eigenvalue weighted by Gasteiger charge is 2.31. The lowest BCUT2D eigenvalue weighted by Gasteiger charge is -2.34. The monoisotopic (exact) mass is 503 g/mol. The molecule has 35 heavy (non-hydrogen) atoms. The summed E-state index contributed by atoms with van der Waals surface area (Å²) >= 11 is 0. The molecule has 3 aliphatic rings. The molecule has 0 saturated carbocycles. The lowest BCUT2D eigenvalue weighted by atomic mass is 9.96. The average molecular weight is 504 g/mol. The van der Waals surface area contributed by atoms with Crippen LogP contribution in [0.5, 0.6) is 11.5 Å². The Morgan fingerprint density at radius 2 is 1.66 bits per heavy atom. The smallest absolute Gasteiger partial charge is 0.251 e. The number of nitrogens with one attached hydrogen (secondary N) is 1. The Balaban J connectivity index is 0.00000253. The van der Waals surface area contributed by atoms with Gasteiger partial charge in [-0.1, -0.05) is 6.07 Å². The number of fused-ring (bicyclic) bond motifs is 1. The summed E-state index contributed by atoms with van der Waals surface area (Å²) in [6.07, 6.45) is 1.93. The number of rotatable bonds is 5. The third-order valence-electron chi connectivity index (χ3n) is 7.32. The standard InChI is InChI=1S/C26H27F2N3O3.ClH/c27-20-4-1-16-3-6-22(32)31-15-18(23(20)24(16)31)14-30-9-7-19(8-10-30)29-13-17-2-5-21(28)26-25(17)33-11-12-34-26;/h1-6,18-19,29H,7-15H2;1H/t18-;/m1./s1. The number of halogens is 3. The third kappa shape index (κ3) is 4.39. The quantitative estimate of drug-likeness (QED) is 0.573. The average Bonchev–Trinajstić information content (AvgIpc) is 3.25. The molecular weight excluding hydrogens is 476 g/mol. The lowest BCUT2D eigenvalue weighted by Crippen LogP contribution is -2.43. The van der Waals surface area contributed by atoms with Gasteiger partial charge < -0.3 is 24.3 Å². The van der Waals surface area contributed by atoms with E-state index in [1.54, 1.807) is 28.8 Å². The zero-order valence-corrected chi connectivity index (χ0v) is 20.1. The molecule has 1 saturated heterocycles. The summed E-state index contributed by atoms with van der Waals surface area (Å²) in [6.45, 7) is 4.44. The normalized spacial score (nSPS) is 19.7. The van der Waals surface area contributed by atoms with Crippen LogP contribution in [0.15, 0.2) is 41.2 Å². The predicted octanol–water partition coefficient (Wildman–Crippen LogP) is 3.82. The Hall–Kier alpha value is -2.68. The molecule has 3 aliphatic heterocycles. The second-order valence-electron chi connectivity index (χ2n) is 9.40. The fourth-order valence-corrected chi connectivity index (χ4v) is 5.61. The number of piperidine rings is 1. The second kappa shape index (κ2) is 9.76. The van der Waals surface area contributed by atoms with Crippen LogP contribution in [-0.2, 0) is 13.1 Å². The summed E-state index contributed by atoms with van der Waals surface area (Å²) in [5.41, 5.74) is 2.26. The summed E-state index contributed by atoms with van der Waals surface area (Å²) in [6, 6.07) is 10.1. The van der Waals surface area contributed by atoms with Crippen molar-refractivity contribution in [3.8, 4) is 11.5 Å². The number of aromatic nitrogens is 1. The van der Waals surface area contributed by atoms with Crippen molar-refractivity contribution in [1.29, 1.82) is 0 Å². The van der Waals surface area contributed by atoms with Gasteiger partial charge in [-0.2, -0.15) is 0 Å². The molecule has 2 aromatic carbocycles. The topological polar surface area (TPSA) is 55.7 Å². The van der Waals surface area contributed by atoms with Crippen LogP contribution in [0.1, 0.15) is 29.9 Å². The van der Waals surface area contributed by atoms with E-state index in [2.05, 4.69) is 10.2 Å². The van der Waals surface area contributed by atoms with Crippen molar-refractivity contribution < 1.29 is 18.3 Å². The van der Waals surface area contributed by atoms with Crippen LogP contribution in [0.2, 0.25) is 0 Å². The zero-order chi connectivity index (χ0) is 23.2. The van der Waals surface area contributed by atoms with Crippen molar-refractivity contribution in [3.63, 3.8) is 0 Å². The number of nitrogens with zero attached hydrogens (tertiary/aromatic N) is 2. The largest absolute Gasteiger partial charge is 0.486 e. The molecule has 0 spiro atoms. The van der Waals surface area contributed by atoms with E-state index < -0.39 is 5.82 Å². The van der Waals surface area contributed by atoms with Gasteiger partial charge in [-0.3, -0.25) is 4.79 Å². The first-order valence-electron chi connectivity index (χ1n) is 11.9. The van der Waals surface area contributed by atoms with Crippen molar-refractivity contribution in [2.45, 2.75) is 37.9 Å². The minimum Gasteiger partial charge on any atom is -0.486 e. The molecule has 1 fully saturated rings. The van der Waals surface area contributed by atoms with Gasteiger partial charge in [0, 0.05) is 48.8 Å². The molecule has 4 heterocycles. The molecule has 0 aliphatic carbocycles. The molecule has 186 valence electrons. The van der Waals surface area contributed by atoms with Crippen molar-refractivity contribution in [2.24, 2.45) is 0 Å². The van der Waals surface area contributed by atoms with E-state index in [0.717, 1.165) is 48.9 Å². The maximum absolute atomic E-state index is 14.8. The Labute approximate surface area is 208 Å². The van der Waals surface area contributed by atoms with E-state index >= 15 is 0 Å². The van der Waals surface area contributed by atoms with Crippen LogP contribution < -0.4 is 20.3 Å². The fourth-order valence-electron chi connectivity index (χ4n) is 5.61. The maximum atomic E-state index is 14.8. The summed E-state index contributed by atoms with van der Waals surface area (Å²) in [4.78, 5) is 14.7. The van der Waals surface area contributed by atoms with Crippen LogP contribution in [0.25, 0.3) is 10.9 Å². The molecule has 0 bridgehead atoms. The van der Waals surface area contributed by atoms with Gasteiger partial charge in [0.25, 0.3) is 5.56 Å². The Kier molecular flexibility index (Phi) is 6.70. The molecule has 6 nitrogen and oxygen atoms in total. The van der Waals surface area contributed by atoms with Gasteiger partial charge in [0.05, 0.1) is 5.52 Å². The fraction of sp³-hybridized carbons (Fsp3) is 0.423. The van der Waals surface area contributed by atoms with Crippen LogP contribution in [0, 0.1) is 11.6 Å². The summed E-state index contributed by atoms with van der Waals surface area (Å²) < 4.78 is 41.6. The Morgan fingerprint density at radius 1 is 0.943 bits per heavy atom. The minimum absolute atomic E-state index is 0. The lowest BCUT2D eigenvalue weighted by molar-refractivity contribution is 0.161. The summed E-state index contributed by atoms with van der Waals surface area (Å²) in [5.74, 6) is 0.0730. The first kappa shape index (κ1) is 24.0. The van der Waals surface area contributed by atoms with Gasteiger partial charge in [-0.25, -0.2) is 8.78 Å². The number of likely N-dealkylation sites (tertiary alicyclic amines) is 1. The molecule has 0 unspecified atom stereocenters. The summed E-state index contributed by atoms with van der Waals surface area (Å²) in [7, 11) is 0. The minimum atomic E-state index is -0.393. The van der Waals surface area contributed by atoms with Crippen LogP contribution in [-0.4, -0.2) is 48.4 Å². The highest BCUT2D eigenvalue weighted by Crippen LogP contribution is 2.37. The van der Waals surface area contributed by atoms with E-state index in [0.29, 0.717) is 43.7 Å². The SMILES string of the molecule is Cl.O=c1ccc2ccc(F)c3c2n1C[C@H]3CN1CCC(NCc2ccc(F)c3c2OCCO3)CC1. The van der Waals surface area contributed by atoms with Gasteiger partial charge in [0.15, 0.2) is 17.3 Å². The highest BCUT2D eigenvalue weighted by molar-refractivity contribution is 5.85. The number of pyridine rings is 1.